The monoisotopic (exact) mass is 259 g/mol. The van der Waals surface area contributed by atoms with Crippen molar-refractivity contribution in [1.82, 2.24) is 4.98 Å². The zero-order valence-electron chi connectivity index (χ0n) is 8.02. The Morgan fingerprint density at radius 3 is 2.41 bits per heavy atom. The van der Waals surface area contributed by atoms with Crippen LogP contribution in [0.1, 0.15) is 17.7 Å². The Bertz CT molecular complexity index is 453. The summed E-state index contributed by atoms with van der Waals surface area (Å²) in [5, 5.41) is 8.67. The molecular formula is C8H6F5NO3. The quantitative estimate of drug-likeness (QED) is 0.812. The predicted octanol–water partition coefficient (Wildman–Crippen LogP) is 1.70. The Balaban J connectivity index is 3.29. The van der Waals surface area contributed by atoms with Gasteiger partial charge in [-0.3, -0.25) is 4.79 Å². The van der Waals surface area contributed by atoms with Gasteiger partial charge in [-0.05, 0) is 0 Å². The molecule has 0 unspecified atom stereocenters. The third-order valence-corrected chi connectivity index (χ3v) is 1.73. The molecule has 2 N–H and O–H groups in total. The normalized spacial score (nSPS) is 11.9. The number of rotatable bonds is 3. The average Bonchev–Trinajstić information content (AvgIpc) is 2.14. The van der Waals surface area contributed by atoms with E-state index in [1.54, 1.807) is 4.98 Å². The van der Waals surface area contributed by atoms with E-state index < -0.39 is 42.0 Å². The summed E-state index contributed by atoms with van der Waals surface area (Å²) in [6, 6.07) is 0.402. The van der Waals surface area contributed by atoms with Crippen molar-refractivity contribution < 1.29 is 31.8 Å². The van der Waals surface area contributed by atoms with E-state index in [0.29, 0.717) is 6.07 Å². The average molecular weight is 259 g/mol. The molecule has 0 aromatic carbocycles. The van der Waals surface area contributed by atoms with Crippen molar-refractivity contribution >= 4 is 0 Å². The molecule has 0 spiro atoms. The van der Waals surface area contributed by atoms with Crippen LogP contribution in [-0.4, -0.2) is 16.5 Å². The van der Waals surface area contributed by atoms with Crippen LogP contribution in [0, 0.1) is 0 Å². The van der Waals surface area contributed by atoms with Crippen molar-refractivity contribution in [3.05, 3.63) is 27.5 Å². The number of aromatic nitrogens is 1. The summed E-state index contributed by atoms with van der Waals surface area (Å²) in [6.07, 6.45) is -8.32. The molecule has 0 atom stereocenters. The first-order chi connectivity index (χ1) is 7.74. The van der Waals surface area contributed by atoms with Gasteiger partial charge in [0.05, 0.1) is 17.9 Å². The SMILES string of the molecule is O=c1cc(C(F)F)[nH]c(OC(F)(F)F)c1CO. The van der Waals surface area contributed by atoms with Gasteiger partial charge in [0.15, 0.2) is 5.43 Å². The zero-order chi connectivity index (χ0) is 13.2. The van der Waals surface area contributed by atoms with E-state index in [1.807, 2.05) is 0 Å². The summed E-state index contributed by atoms with van der Waals surface area (Å²) in [6.45, 7) is -1.07. The summed E-state index contributed by atoms with van der Waals surface area (Å²) in [7, 11) is 0. The lowest BCUT2D eigenvalue weighted by atomic mass is 10.2. The van der Waals surface area contributed by atoms with Gasteiger partial charge in [0.2, 0.25) is 5.88 Å². The number of pyridine rings is 1. The number of ether oxygens (including phenoxy) is 1. The first-order valence-electron chi connectivity index (χ1n) is 4.15. The molecule has 0 saturated heterocycles. The molecule has 1 aromatic rings. The third kappa shape index (κ3) is 3.41. The lowest BCUT2D eigenvalue weighted by Gasteiger charge is -2.12. The highest BCUT2D eigenvalue weighted by Crippen LogP contribution is 2.25. The fraction of sp³-hybridized carbons (Fsp3) is 0.375. The van der Waals surface area contributed by atoms with E-state index >= 15 is 0 Å². The minimum Gasteiger partial charge on any atom is -0.391 e. The summed E-state index contributed by atoms with van der Waals surface area (Å²) in [5.41, 5.74) is -2.96. The van der Waals surface area contributed by atoms with Gasteiger partial charge in [-0.1, -0.05) is 0 Å². The predicted molar refractivity (Wildman–Crippen MR) is 44.6 cm³/mol. The van der Waals surface area contributed by atoms with E-state index in [-0.39, 0.29) is 0 Å². The summed E-state index contributed by atoms with van der Waals surface area (Å²) >= 11 is 0. The Morgan fingerprint density at radius 2 is 2.00 bits per heavy atom. The molecule has 0 aliphatic carbocycles. The van der Waals surface area contributed by atoms with E-state index in [1.165, 1.54) is 0 Å². The van der Waals surface area contributed by atoms with Crippen LogP contribution in [0.25, 0.3) is 0 Å². The number of H-pyrrole nitrogens is 1. The van der Waals surface area contributed by atoms with Gasteiger partial charge in [0.25, 0.3) is 6.43 Å². The number of aromatic amines is 1. The highest BCUT2D eigenvalue weighted by atomic mass is 19.4. The second-order valence-corrected chi connectivity index (χ2v) is 2.90. The lowest BCUT2D eigenvalue weighted by molar-refractivity contribution is -0.276. The van der Waals surface area contributed by atoms with Crippen LogP contribution in [0.15, 0.2) is 10.9 Å². The number of aliphatic hydroxyl groups is 1. The molecule has 0 fully saturated rings. The summed E-state index contributed by atoms with van der Waals surface area (Å²) in [4.78, 5) is 12.7. The maximum absolute atomic E-state index is 12.2. The van der Waals surface area contributed by atoms with E-state index in [4.69, 9.17) is 5.11 Å². The van der Waals surface area contributed by atoms with E-state index in [2.05, 4.69) is 4.74 Å². The second-order valence-electron chi connectivity index (χ2n) is 2.90. The van der Waals surface area contributed by atoms with Crippen molar-refractivity contribution in [3.8, 4) is 5.88 Å². The lowest BCUT2D eigenvalue weighted by Crippen LogP contribution is -2.23. The third-order valence-electron chi connectivity index (χ3n) is 1.73. The van der Waals surface area contributed by atoms with E-state index in [0.717, 1.165) is 0 Å². The van der Waals surface area contributed by atoms with Gasteiger partial charge < -0.3 is 14.8 Å². The first kappa shape index (κ1) is 13.4. The summed E-state index contributed by atoms with van der Waals surface area (Å²) < 4.78 is 63.5. The van der Waals surface area contributed by atoms with Crippen molar-refractivity contribution in [3.63, 3.8) is 0 Å². The van der Waals surface area contributed by atoms with Crippen LogP contribution >= 0.6 is 0 Å². The molecule has 17 heavy (non-hydrogen) atoms. The Kier molecular flexibility index (Phi) is 3.71. The standard InChI is InChI=1S/C8H6F5NO3/c9-6(10)4-1-5(16)3(2-15)7(14-4)17-8(11,12)13/h1,6,15H,2H2,(H,14,16). The van der Waals surface area contributed by atoms with Crippen LogP contribution in [0.5, 0.6) is 5.88 Å². The molecule has 0 aliphatic heterocycles. The number of hydrogen-bond acceptors (Lipinski definition) is 3. The number of aliphatic hydroxyl groups excluding tert-OH is 1. The number of nitrogens with one attached hydrogen (secondary N) is 1. The van der Waals surface area contributed by atoms with E-state index in [9.17, 15) is 26.7 Å². The largest absolute Gasteiger partial charge is 0.574 e. The molecule has 9 heteroatoms. The highest BCUT2D eigenvalue weighted by Gasteiger charge is 2.33. The van der Waals surface area contributed by atoms with Crippen LogP contribution in [-0.2, 0) is 6.61 Å². The number of hydrogen-bond donors (Lipinski definition) is 2. The van der Waals surface area contributed by atoms with Crippen LogP contribution in [0.3, 0.4) is 0 Å². The first-order valence-corrected chi connectivity index (χ1v) is 4.15. The van der Waals surface area contributed by atoms with Crippen molar-refractivity contribution in [2.45, 2.75) is 19.4 Å². The smallest absolute Gasteiger partial charge is 0.391 e. The molecule has 0 amide bonds. The summed E-state index contributed by atoms with van der Waals surface area (Å²) in [5.74, 6) is -1.23. The Morgan fingerprint density at radius 1 is 1.41 bits per heavy atom. The molecule has 1 heterocycles. The fourth-order valence-electron chi connectivity index (χ4n) is 1.05. The van der Waals surface area contributed by atoms with Crippen molar-refractivity contribution in [2.75, 3.05) is 0 Å². The molecule has 0 aliphatic rings. The molecule has 1 aromatic heterocycles. The molecule has 1 rings (SSSR count). The molecular weight excluding hydrogens is 253 g/mol. The van der Waals surface area contributed by atoms with Gasteiger partial charge >= 0.3 is 6.36 Å². The van der Waals surface area contributed by atoms with Gasteiger partial charge in [0, 0.05) is 6.07 Å². The van der Waals surface area contributed by atoms with Gasteiger partial charge in [-0.2, -0.15) is 0 Å². The number of alkyl halides is 5. The van der Waals surface area contributed by atoms with Gasteiger partial charge in [-0.25, -0.2) is 8.78 Å². The minimum atomic E-state index is -5.16. The second kappa shape index (κ2) is 4.70. The topological polar surface area (TPSA) is 62.3 Å². The fourth-order valence-corrected chi connectivity index (χ4v) is 1.05. The molecule has 0 saturated carbocycles. The van der Waals surface area contributed by atoms with Crippen LogP contribution in [0.4, 0.5) is 22.0 Å². The maximum Gasteiger partial charge on any atom is 0.574 e. The molecule has 96 valence electrons. The van der Waals surface area contributed by atoms with Crippen LogP contribution in [0.2, 0.25) is 0 Å². The zero-order valence-corrected chi connectivity index (χ0v) is 8.02. The highest BCUT2D eigenvalue weighted by molar-refractivity contribution is 5.28. The minimum absolute atomic E-state index is 0.402. The molecule has 0 bridgehead atoms. The van der Waals surface area contributed by atoms with Gasteiger partial charge in [0.1, 0.15) is 0 Å². The van der Waals surface area contributed by atoms with Crippen LogP contribution < -0.4 is 10.2 Å². The number of halogens is 5. The van der Waals surface area contributed by atoms with Crippen molar-refractivity contribution in [1.29, 1.82) is 0 Å². The molecule has 0 radical (unpaired) electrons. The van der Waals surface area contributed by atoms with Crippen molar-refractivity contribution in [2.24, 2.45) is 0 Å². The van der Waals surface area contributed by atoms with Gasteiger partial charge in [-0.15, -0.1) is 13.2 Å². The molecule has 4 nitrogen and oxygen atoms in total. The Hall–Kier alpha value is -1.64. The Labute approximate surface area is 90.6 Å². The maximum atomic E-state index is 12.2.